The zero-order valence-electron chi connectivity index (χ0n) is 17.5. The SMILES string of the molecule is CCCCOC(=O)COc1c(-c2cccc3c2COC3=O)ccc(OC)c1OCC. The van der Waals surface area contributed by atoms with Crippen LogP contribution in [0, 0.1) is 0 Å². The number of benzene rings is 2. The molecule has 0 N–H and O–H groups in total. The van der Waals surface area contributed by atoms with Gasteiger partial charge in [0.2, 0.25) is 5.75 Å². The van der Waals surface area contributed by atoms with Crippen LogP contribution in [0.2, 0.25) is 0 Å². The van der Waals surface area contributed by atoms with Crippen LogP contribution in [-0.4, -0.2) is 38.9 Å². The standard InChI is InChI=1S/C23H26O7/c1-4-6-12-28-20(24)14-29-21-16(10-11-19(26-3)22(21)27-5-2)15-8-7-9-17-18(15)13-30-23(17)25/h7-11H,4-6,12-14H2,1-3H3. The number of hydrogen-bond acceptors (Lipinski definition) is 7. The third-order valence-electron chi connectivity index (χ3n) is 4.71. The fourth-order valence-corrected chi connectivity index (χ4v) is 3.25. The number of carbonyl (C=O) groups is 2. The molecular weight excluding hydrogens is 388 g/mol. The van der Waals surface area contributed by atoms with Gasteiger partial charge in [0.15, 0.2) is 18.1 Å². The molecule has 0 saturated carbocycles. The molecule has 0 fully saturated rings. The number of cyclic esters (lactones) is 1. The number of methoxy groups -OCH3 is 1. The Labute approximate surface area is 175 Å². The van der Waals surface area contributed by atoms with E-state index in [1.54, 1.807) is 18.2 Å². The van der Waals surface area contributed by atoms with Gasteiger partial charge in [-0.3, -0.25) is 0 Å². The van der Waals surface area contributed by atoms with Gasteiger partial charge in [-0.15, -0.1) is 0 Å². The van der Waals surface area contributed by atoms with Crippen LogP contribution in [-0.2, 0) is 20.9 Å². The van der Waals surface area contributed by atoms with E-state index in [0.717, 1.165) is 24.0 Å². The number of unbranched alkanes of at least 4 members (excludes halogenated alkanes) is 1. The van der Waals surface area contributed by atoms with Crippen molar-refractivity contribution in [1.29, 1.82) is 0 Å². The van der Waals surface area contributed by atoms with Crippen molar-refractivity contribution in [3.63, 3.8) is 0 Å². The molecule has 2 aromatic rings. The summed E-state index contributed by atoms with van der Waals surface area (Å²) >= 11 is 0. The van der Waals surface area contributed by atoms with E-state index in [1.165, 1.54) is 7.11 Å². The quantitative estimate of drug-likeness (QED) is 0.427. The van der Waals surface area contributed by atoms with Crippen molar-refractivity contribution in [2.24, 2.45) is 0 Å². The van der Waals surface area contributed by atoms with Crippen LogP contribution in [0.1, 0.15) is 42.6 Å². The molecule has 0 aliphatic carbocycles. The van der Waals surface area contributed by atoms with Crippen molar-refractivity contribution in [1.82, 2.24) is 0 Å². The minimum atomic E-state index is -0.462. The zero-order chi connectivity index (χ0) is 21.5. The molecule has 1 heterocycles. The smallest absolute Gasteiger partial charge is 0.344 e. The minimum Gasteiger partial charge on any atom is -0.493 e. The molecule has 3 rings (SSSR count). The van der Waals surface area contributed by atoms with Crippen molar-refractivity contribution in [2.45, 2.75) is 33.3 Å². The highest BCUT2D eigenvalue weighted by Crippen LogP contribution is 2.46. The van der Waals surface area contributed by atoms with E-state index < -0.39 is 5.97 Å². The molecule has 1 aliphatic rings. The minimum absolute atomic E-state index is 0.179. The van der Waals surface area contributed by atoms with Crippen molar-refractivity contribution < 1.29 is 33.3 Å². The predicted octanol–water partition coefficient (Wildman–Crippen LogP) is 4.15. The number of esters is 2. The molecule has 30 heavy (non-hydrogen) atoms. The maximum absolute atomic E-state index is 12.1. The lowest BCUT2D eigenvalue weighted by molar-refractivity contribution is -0.146. The summed E-state index contributed by atoms with van der Waals surface area (Å²) in [7, 11) is 1.53. The second kappa shape index (κ2) is 10.0. The Kier molecular flexibility index (Phi) is 7.17. The molecule has 0 unspecified atom stereocenters. The molecular formula is C23H26O7. The van der Waals surface area contributed by atoms with Crippen molar-refractivity contribution >= 4 is 11.9 Å². The first-order chi connectivity index (χ1) is 14.6. The highest BCUT2D eigenvalue weighted by molar-refractivity contribution is 5.96. The van der Waals surface area contributed by atoms with Gasteiger partial charge in [-0.1, -0.05) is 25.5 Å². The summed E-state index contributed by atoms with van der Waals surface area (Å²) in [6.45, 7) is 4.52. The Bertz CT molecular complexity index is 920. The third-order valence-corrected chi connectivity index (χ3v) is 4.71. The van der Waals surface area contributed by atoms with E-state index in [9.17, 15) is 9.59 Å². The maximum atomic E-state index is 12.1. The van der Waals surface area contributed by atoms with Crippen LogP contribution < -0.4 is 14.2 Å². The Morgan fingerprint density at radius 1 is 1.03 bits per heavy atom. The normalized spacial score (nSPS) is 12.2. The molecule has 0 amide bonds. The molecule has 0 saturated heterocycles. The predicted molar refractivity (Wildman–Crippen MR) is 110 cm³/mol. The Hall–Kier alpha value is -3.22. The summed E-state index contributed by atoms with van der Waals surface area (Å²) in [6, 6.07) is 8.98. The van der Waals surface area contributed by atoms with Gasteiger partial charge in [0.25, 0.3) is 0 Å². The lowest BCUT2D eigenvalue weighted by Gasteiger charge is -2.19. The first-order valence-electron chi connectivity index (χ1n) is 10.0. The molecule has 7 nitrogen and oxygen atoms in total. The molecule has 2 aromatic carbocycles. The maximum Gasteiger partial charge on any atom is 0.344 e. The summed E-state index contributed by atoms with van der Waals surface area (Å²) in [5.74, 6) is 0.414. The zero-order valence-corrected chi connectivity index (χ0v) is 17.5. The van der Waals surface area contributed by atoms with Gasteiger partial charge in [-0.05, 0) is 37.1 Å². The lowest BCUT2D eigenvalue weighted by atomic mass is 9.95. The molecule has 1 aliphatic heterocycles. The highest BCUT2D eigenvalue weighted by atomic mass is 16.6. The second-order valence-electron chi connectivity index (χ2n) is 6.68. The van der Waals surface area contributed by atoms with Crippen LogP contribution in [0.15, 0.2) is 30.3 Å². The van der Waals surface area contributed by atoms with E-state index >= 15 is 0 Å². The average Bonchev–Trinajstić information content (AvgIpc) is 3.14. The van der Waals surface area contributed by atoms with Crippen molar-refractivity contribution in [3.8, 4) is 28.4 Å². The molecule has 7 heteroatoms. The van der Waals surface area contributed by atoms with Gasteiger partial charge in [-0.2, -0.15) is 0 Å². The van der Waals surface area contributed by atoms with Gasteiger partial charge in [0.05, 0.1) is 25.9 Å². The van der Waals surface area contributed by atoms with Crippen LogP contribution in [0.5, 0.6) is 17.2 Å². The fraction of sp³-hybridized carbons (Fsp3) is 0.391. The Balaban J connectivity index is 2.00. The number of ether oxygens (including phenoxy) is 5. The van der Waals surface area contributed by atoms with Crippen molar-refractivity contribution in [3.05, 3.63) is 41.5 Å². The van der Waals surface area contributed by atoms with Gasteiger partial charge in [-0.25, -0.2) is 9.59 Å². The van der Waals surface area contributed by atoms with E-state index in [-0.39, 0.29) is 19.2 Å². The second-order valence-corrected chi connectivity index (χ2v) is 6.68. The van der Waals surface area contributed by atoms with Gasteiger partial charge < -0.3 is 23.7 Å². The van der Waals surface area contributed by atoms with E-state index in [2.05, 4.69) is 0 Å². The third kappa shape index (κ3) is 4.50. The number of carbonyl (C=O) groups excluding carboxylic acids is 2. The summed E-state index contributed by atoms with van der Waals surface area (Å²) in [6.07, 6.45) is 1.73. The topological polar surface area (TPSA) is 80.3 Å². The Morgan fingerprint density at radius 2 is 1.83 bits per heavy atom. The number of fused-ring (bicyclic) bond motifs is 1. The molecule has 0 radical (unpaired) electrons. The number of rotatable bonds is 10. The first kappa shape index (κ1) is 21.5. The van der Waals surface area contributed by atoms with Crippen LogP contribution in [0.4, 0.5) is 0 Å². The van der Waals surface area contributed by atoms with Gasteiger partial charge in [0, 0.05) is 11.1 Å². The largest absolute Gasteiger partial charge is 0.493 e. The van der Waals surface area contributed by atoms with Gasteiger partial charge in [0.1, 0.15) is 6.61 Å². The van der Waals surface area contributed by atoms with E-state index in [1.807, 2.05) is 26.0 Å². The van der Waals surface area contributed by atoms with Crippen LogP contribution in [0.3, 0.4) is 0 Å². The number of hydrogen-bond donors (Lipinski definition) is 0. The van der Waals surface area contributed by atoms with E-state index in [4.69, 9.17) is 23.7 Å². The van der Waals surface area contributed by atoms with Gasteiger partial charge >= 0.3 is 11.9 Å². The average molecular weight is 414 g/mol. The molecule has 160 valence electrons. The van der Waals surface area contributed by atoms with Crippen LogP contribution >= 0.6 is 0 Å². The first-order valence-corrected chi connectivity index (χ1v) is 10.0. The molecule has 0 atom stereocenters. The Morgan fingerprint density at radius 3 is 2.57 bits per heavy atom. The monoisotopic (exact) mass is 414 g/mol. The summed E-state index contributed by atoms with van der Waals surface area (Å²) < 4.78 is 27.5. The molecule has 0 bridgehead atoms. The lowest BCUT2D eigenvalue weighted by Crippen LogP contribution is -2.16. The van der Waals surface area contributed by atoms with Crippen LogP contribution in [0.25, 0.3) is 11.1 Å². The van der Waals surface area contributed by atoms with Crippen molar-refractivity contribution in [2.75, 3.05) is 26.9 Å². The summed E-state index contributed by atoms with van der Waals surface area (Å²) in [5, 5.41) is 0. The highest BCUT2D eigenvalue weighted by Gasteiger charge is 2.27. The summed E-state index contributed by atoms with van der Waals surface area (Å²) in [4.78, 5) is 24.1. The molecule has 0 spiro atoms. The van der Waals surface area contributed by atoms with E-state index in [0.29, 0.717) is 41.6 Å². The molecule has 0 aromatic heterocycles. The summed E-state index contributed by atoms with van der Waals surface area (Å²) in [5.41, 5.74) is 2.74. The fourth-order valence-electron chi connectivity index (χ4n) is 3.25.